The van der Waals surface area contributed by atoms with Crippen molar-refractivity contribution in [1.29, 1.82) is 0 Å². The Kier molecular flexibility index (Phi) is 6.83. The number of anilines is 1. The van der Waals surface area contributed by atoms with Crippen LogP contribution < -0.4 is 10.2 Å². The van der Waals surface area contributed by atoms with Crippen LogP contribution in [0, 0.1) is 11.8 Å². The van der Waals surface area contributed by atoms with E-state index >= 15 is 0 Å². The van der Waals surface area contributed by atoms with Crippen LogP contribution in [-0.2, 0) is 4.79 Å². The Labute approximate surface area is 197 Å². The molecule has 5 heterocycles. The van der Waals surface area contributed by atoms with E-state index in [9.17, 15) is 9.59 Å². The molecule has 0 spiro atoms. The van der Waals surface area contributed by atoms with E-state index in [0.717, 1.165) is 83.9 Å². The minimum atomic E-state index is -0.0423. The van der Waals surface area contributed by atoms with Crippen LogP contribution in [0.5, 0.6) is 0 Å². The third-order valence-corrected chi connectivity index (χ3v) is 8.05. The number of fused-ring (bicyclic) bond motifs is 4. The summed E-state index contributed by atoms with van der Waals surface area (Å²) < 4.78 is 0. The lowest BCUT2D eigenvalue weighted by Crippen LogP contribution is -2.60. The summed E-state index contributed by atoms with van der Waals surface area (Å²) in [6, 6.07) is 4.30. The Balaban J connectivity index is 1.10. The number of piperidine rings is 3. The van der Waals surface area contributed by atoms with Gasteiger partial charge in [0.05, 0.1) is 5.56 Å². The van der Waals surface area contributed by atoms with Gasteiger partial charge in [-0.2, -0.15) is 0 Å². The SMILES string of the molecule is CN1CCN(CCCNC(=O)c2ccc(N3C[C@H]4C[C@H](C3)[C@H]3CCCC(=O)N3C4)nc2)CC1. The van der Waals surface area contributed by atoms with Gasteiger partial charge in [0.25, 0.3) is 5.91 Å². The number of carbonyl (C=O) groups is 2. The standard InChI is InChI=1S/C25H38N6O2/c1-28-10-12-29(13-11-28)9-3-8-26-25(33)20-6-7-23(27-15-20)30-16-19-14-21(18-30)22-4-2-5-24(32)31(22)17-19/h6-7,15,19,21-22H,2-5,8-14,16-18H2,1H3,(H,26,33)/t19-,21-,22-/m1/s1. The molecular formula is C25H38N6O2. The highest BCUT2D eigenvalue weighted by atomic mass is 16.2. The van der Waals surface area contributed by atoms with Gasteiger partial charge in [0, 0.05) is 71.0 Å². The van der Waals surface area contributed by atoms with Crippen molar-refractivity contribution in [3.63, 3.8) is 0 Å². The number of rotatable bonds is 6. The first-order valence-electron chi connectivity index (χ1n) is 12.8. The lowest BCUT2D eigenvalue weighted by atomic mass is 9.76. The molecule has 33 heavy (non-hydrogen) atoms. The lowest BCUT2D eigenvalue weighted by Gasteiger charge is -2.52. The maximum absolute atomic E-state index is 12.6. The van der Waals surface area contributed by atoms with Crippen LogP contribution in [0.25, 0.3) is 0 Å². The van der Waals surface area contributed by atoms with Crippen LogP contribution in [0.2, 0.25) is 0 Å². The first kappa shape index (κ1) is 22.6. The molecule has 1 aromatic heterocycles. The molecular weight excluding hydrogens is 416 g/mol. The zero-order valence-corrected chi connectivity index (χ0v) is 19.9. The van der Waals surface area contributed by atoms with E-state index in [2.05, 4.69) is 36.9 Å². The molecule has 1 aromatic rings. The Morgan fingerprint density at radius 3 is 2.79 bits per heavy atom. The second-order valence-electron chi connectivity index (χ2n) is 10.4. The Hall–Kier alpha value is -2.19. The van der Waals surface area contributed by atoms with Crippen molar-refractivity contribution < 1.29 is 9.59 Å². The molecule has 0 unspecified atom stereocenters. The minimum absolute atomic E-state index is 0.0423. The van der Waals surface area contributed by atoms with E-state index in [1.165, 1.54) is 6.42 Å². The fraction of sp³-hybridized carbons (Fsp3) is 0.720. The molecule has 4 aliphatic heterocycles. The molecule has 4 fully saturated rings. The molecule has 0 saturated carbocycles. The lowest BCUT2D eigenvalue weighted by molar-refractivity contribution is -0.142. The van der Waals surface area contributed by atoms with Gasteiger partial charge in [0.2, 0.25) is 5.91 Å². The van der Waals surface area contributed by atoms with E-state index in [0.29, 0.717) is 35.9 Å². The summed E-state index contributed by atoms with van der Waals surface area (Å²) in [7, 11) is 2.17. The number of nitrogens with zero attached hydrogens (tertiary/aromatic N) is 5. The number of nitrogens with one attached hydrogen (secondary N) is 1. The molecule has 4 saturated heterocycles. The molecule has 5 rings (SSSR count). The minimum Gasteiger partial charge on any atom is -0.356 e. The zero-order valence-electron chi connectivity index (χ0n) is 19.9. The van der Waals surface area contributed by atoms with Gasteiger partial charge in [-0.25, -0.2) is 4.98 Å². The second-order valence-corrected chi connectivity index (χ2v) is 10.4. The van der Waals surface area contributed by atoms with Crippen LogP contribution in [-0.4, -0.2) is 103 Å². The van der Waals surface area contributed by atoms with Crippen molar-refractivity contribution in [2.75, 3.05) is 70.9 Å². The van der Waals surface area contributed by atoms with Gasteiger partial charge in [0.15, 0.2) is 0 Å². The van der Waals surface area contributed by atoms with Crippen LogP contribution in [0.4, 0.5) is 5.82 Å². The molecule has 0 aliphatic carbocycles. The Morgan fingerprint density at radius 1 is 1.15 bits per heavy atom. The number of likely N-dealkylation sites (N-methyl/N-ethyl adjacent to an activating group) is 1. The highest BCUT2D eigenvalue weighted by Gasteiger charge is 2.44. The summed E-state index contributed by atoms with van der Waals surface area (Å²) in [6.07, 6.45) is 6.79. The van der Waals surface area contributed by atoms with Crippen molar-refractivity contribution in [3.8, 4) is 0 Å². The number of amides is 2. The summed E-state index contributed by atoms with van der Waals surface area (Å²) in [5.74, 6) is 2.32. The van der Waals surface area contributed by atoms with Gasteiger partial charge in [-0.05, 0) is 63.2 Å². The van der Waals surface area contributed by atoms with Gasteiger partial charge < -0.3 is 24.9 Å². The predicted molar refractivity (Wildman–Crippen MR) is 128 cm³/mol. The van der Waals surface area contributed by atoms with Gasteiger partial charge in [-0.15, -0.1) is 0 Å². The maximum Gasteiger partial charge on any atom is 0.252 e. The highest BCUT2D eigenvalue weighted by molar-refractivity contribution is 5.94. The number of aromatic nitrogens is 1. The fourth-order valence-corrected chi connectivity index (χ4v) is 6.18. The Bertz CT molecular complexity index is 838. The first-order valence-corrected chi connectivity index (χ1v) is 12.8. The monoisotopic (exact) mass is 454 g/mol. The van der Waals surface area contributed by atoms with Gasteiger partial charge >= 0.3 is 0 Å². The molecule has 0 radical (unpaired) electrons. The topological polar surface area (TPSA) is 72.0 Å². The predicted octanol–water partition coefficient (Wildman–Crippen LogP) is 1.29. The average molecular weight is 455 g/mol. The van der Waals surface area contributed by atoms with Crippen molar-refractivity contribution >= 4 is 17.6 Å². The van der Waals surface area contributed by atoms with Crippen LogP contribution >= 0.6 is 0 Å². The van der Waals surface area contributed by atoms with E-state index in [1.54, 1.807) is 6.20 Å². The molecule has 8 nitrogen and oxygen atoms in total. The van der Waals surface area contributed by atoms with Crippen molar-refractivity contribution in [2.24, 2.45) is 11.8 Å². The molecule has 1 N–H and O–H groups in total. The normalized spacial score (nSPS) is 28.5. The van der Waals surface area contributed by atoms with Gasteiger partial charge in [-0.3, -0.25) is 9.59 Å². The van der Waals surface area contributed by atoms with Gasteiger partial charge in [0.1, 0.15) is 5.82 Å². The number of pyridine rings is 1. The second kappa shape index (κ2) is 9.97. The third-order valence-electron chi connectivity index (χ3n) is 8.05. The summed E-state index contributed by atoms with van der Waals surface area (Å²) in [6.45, 7) is 9.00. The van der Waals surface area contributed by atoms with Crippen LogP contribution in [0.3, 0.4) is 0 Å². The van der Waals surface area contributed by atoms with E-state index in [-0.39, 0.29) is 5.91 Å². The van der Waals surface area contributed by atoms with E-state index < -0.39 is 0 Å². The number of hydrogen-bond donors (Lipinski definition) is 1. The van der Waals surface area contributed by atoms with Crippen LogP contribution in [0.1, 0.15) is 42.5 Å². The summed E-state index contributed by atoms with van der Waals surface area (Å²) >= 11 is 0. The number of piperazine rings is 1. The van der Waals surface area contributed by atoms with Crippen molar-refractivity contribution in [2.45, 2.75) is 38.1 Å². The number of hydrogen-bond acceptors (Lipinski definition) is 6. The van der Waals surface area contributed by atoms with Crippen LogP contribution in [0.15, 0.2) is 18.3 Å². The number of carbonyl (C=O) groups excluding carboxylic acids is 2. The quantitative estimate of drug-likeness (QED) is 0.653. The van der Waals surface area contributed by atoms with Crippen molar-refractivity contribution in [1.82, 2.24) is 25.0 Å². The van der Waals surface area contributed by atoms with E-state index in [1.807, 2.05) is 12.1 Å². The smallest absolute Gasteiger partial charge is 0.252 e. The molecule has 8 heteroatoms. The molecule has 2 bridgehead atoms. The fourth-order valence-electron chi connectivity index (χ4n) is 6.18. The Morgan fingerprint density at radius 2 is 2.00 bits per heavy atom. The van der Waals surface area contributed by atoms with E-state index in [4.69, 9.17) is 0 Å². The first-order chi connectivity index (χ1) is 16.1. The maximum atomic E-state index is 12.6. The zero-order chi connectivity index (χ0) is 22.8. The molecule has 2 amide bonds. The molecule has 4 aliphatic rings. The molecule has 0 aromatic carbocycles. The highest BCUT2D eigenvalue weighted by Crippen LogP contribution is 2.38. The average Bonchev–Trinajstić information content (AvgIpc) is 2.83. The summed E-state index contributed by atoms with van der Waals surface area (Å²) in [4.78, 5) is 38.9. The largest absolute Gasteiger partial charge is 0.356 e. The van der Waals surface area contributed by atoms with Gasteiger partial charge in [-0.1, -0.05) is 0 Å². The third kappa shape index (κ3) is 5.17. The molecule has 180 valence electrons. The van der Waals surface area contributed by atoms with Crippen molar-refractivity contribution in [3.05, 3.63) is 23.9 Å². The summed E-state index contributed by atoms with van der Waals surface area (Å²) in [5.41, 5.74) is 0.625. The molecule has 3 atom stereocenters. The summed E-state index contributed by atoms with van der Waals surface area (Å²) in [5, 5.41) is 3.05.